The lowest BCUT2D eigenvalue weighted by Crippen LogP contribution is -2.23. The topological polar surface area (TPSA) is 347 Å². The van der Waals surface area contributed by atoms with E-state index < -0.39 is 93.2 Å². The van der Waals surface area contributed by atoms with Gasteiger partial charge in [0.1, 0.15) is 0 Å². The number of hydrogen-bond acceptors (Lipinski definition) is 23. The van der Waals surface area contributed by atoms with E-state index in [1.54, 1.807) is 24.3 Å². The van der Waals surface area contributed by atoms with Gasteiger partial charge in [-0.25, -0.2) is 0 Å². The van der Waals surface area contributed by atoms with Crippen molar-refractivity contribution in [2.75, 3.05) is 68.0 Å². The second-order valence-corrected chi connectivity index (χ2v) is 24.2. The van der Waals surface area contributed by atoms with E-state index in [9.17, 15) is 95.4 Å². The molecule has 3 rings (SSSR count). The summed E-state index contributed by atoms with van der Waals surface area (Å²) in [7, 11) is -20.2. The lowest BCUT2D eigenvalue weighted by molar-refractivity contribution is -0.384. The largest absolute Gasteiger partial charge is 0.523 e. The molecule has 0 heterocycles. The molecule has 0 aliphatic carbocycles. The number of benzene rings is 3. The van der Waals surface area contributed by atoms with Crippen molar-refractivity contribution in [3.05, 3.63) is 92.9 Å². The Morgan fingerprint density at radius 3 is 0.942 bits per heavy atom. The van der Waals surface area contributed by atoms with E-state index in [2.05, 4.69) is 45.2 Å². The average Bonchev–Trinajstić information content (AvgIpc) is 3.23. The van der Waals surface area contributed by atoms with Crippen LogP contribution >= 0.6 is 15.9 Å². The molecule has 0 spiro atoms. The third-order valence-corrected chi connectivity index (χ3v) is 13.9. The van der Waals surface area contributed by atoms with E-state index >= 15 is 0 Å². The Labute approximate surface area is 403 Å². The lowest BCUT2D eigenvalue weighted by Gasteiger charge is -2.04. The first-order valence-corrected chi connectivity index (χ1v) is 28.1. The van der Waals surface area contributed by atoms with E-state index in [1.807, 2.05) is 6.92 Å². The fourth-order valence-electron chi connectivity index (χ4n) is 2.68. The maximum Gasteiger partial charge on any atom is 0.523 e. The molecule has 24 nitrogen and oxygen atoms in total. The van der Waals surface area contributed by atoms with E-state index in [0.29, 0.717) is 14.2 Å². The van der Waals surface area contributed by atoms with Crippen LogP contribution in [0.1, 0.15) is 5.56 Å². The predicted octanol–water partition coefficient (Wildman–Crippen LogP) is 4.24. The first-order valence-electron chi connectivity index (χ1n) is 16.5. The molecule has 0 saturated carbocycles. The maximum atomic E-state index is 11.3. The zero-order valence-corrected chi connectivity index (χ0v) is 44.3. The van der Waals surface area contributed by atoms with Crippen LogP contribution in [0.2, 0.25) is 0 Å². The number of nitro groups is 1. The highest BCUT2D eigenvalue weighted by molar-refractivity contribution is 9.10. The summed E-state index contributed by atoms with van der Waals surface area (Å²) < 4.78 is 241. The Morgan fingerprint density at radius 1 is 0.493 bits per heavy atom. The molecule has 0 unspecified atom stereocenters. The molecular weight excluding hydrogens is 1170 g/mol. The summed E-state index contributed by atoms with van der Waals surface area (Å²) in [6.45, 7) is 1.89. The van der Waals surface area contributed by atoms with Gasteiger partial charge in [0.2, 0.25) is 0 Å². The van der Waals surface area contributed by atoms with Crippen LogP contribution in [-0.2, 0) is 100 Å². The Bertz CT molecular complexity index is 2710. The van der Waals surface area contributed by atoms with Crippen LogP contribution in [0.4, 0.5) is 32.0 Å². The summed E-state index contributed by atoms with van der Waals surface area (Å²) >= 11 is 3.20. The van der Waals surface area contributed by atoms with Crippen LogP contribution in [0.3, 0.4) is 0 Å². The molecule has 0 N–H and O–H groups in total. The number of hydrogen-bond donors (Lipinski definition) is 0. The van der Waals surface area contributed by atoms with Crippen molar-refractivity contribution in [2.24, 2.45) is 0 Å². The summed E-state index contributed by atoms with van der Waals surface area (Å²) in [5, 5.41) is 10.3. The molecule has 38 heteroatoms. The molecule has 0 bridgehead atoms. The van der Waals surface area contributed by atoms with Crippen molar-refractivity contribution in [2.45, 2.75) is 33.3 Å². The third-order valence-electron chi connectivity index (χ3n) is 6.11. The zero-order valence-electron chi connectivity index (χ0n) is 37.0. The van der Waals surface area contributed by atoms with Gasteiger partial charge in [-0.1, -0.05) is 33.6 Å². The Hall–Kier alpha value is -3.51. The molecule has 0 saturated heterocycles. The molecule has 0 radical (unpaired) electrons. The number of non-ortho nitro benzene ring substituents is 1. The zero-order chi connectivity index (χ0) is 55.7. The average molecular weight is 1220 g/mol. The molecule has 0 aliphatic rings. The molecule has 0 fully saturated rings. The summed E-state index contributed by atoms with van der Waals surface area (Å²) in [5.74, 6) is -1.93. The van der Waals surface area contributed by atoms with Gasteiger partial charge in [0.25, 0.3) is 66.4 Å². The highest BCUT2D eigenvalue weighted by Gasteiger charge is 2.46. The minimum absolute atomic E-state index is 0.106. The molecule has 402 valence electrons. The molecule has 0 aliphatic heterocycles. The van der Waals surface area contributed by atoms with Gasteiger partial charge in [-0.15, -0.1) is 0 Å². The summed E-state index contributed by atoms with van der Waals surface area (Å²) in [5.41, 5.74) is -4.45. The maximum absolute atomic E-state index is 11.3. The number of nitro benzene ring substituents is 1. The van der Waals surface area contributed by atoms with Gasteiger partial charge in [0, 0.05) is 16.6 Å². The lowest BCUT2D eigenvalue weighted by atomic mass is 10.2. The van der Waals surface area contributed by atoms with Gasteiger partial charge < -0.3 is 0 Å². The van der Waals surface area contributed by atoms with Crippen LogP contribution < -0.4 is 0 Å². The number of halogens is 7. The summed E-state index contributed by atoms with van der Waals surface area (Å²) in [4.78, 5) is 9.89. The molecule has 0 amide bonds. The third kappa shape index (κ3) is 35.3. The molecule has 3 aromatic carbocycles. The van der Waals surface area contributed by atoms with Gasteiger partial charge in [0.15, 0.2) is 5.75 Å². The normalized spacial score (nSPS) is 12.1. The van der Waals surface area contributed by atoms with E-state index in [1.165, 1.54) is 24.3 Å². The number of rotatable bonds is 12. The Balaban J connectivity index is -0.000000364. The van der Waals surface area contributed by atoms with Crippen LogP contribution in [-0.4, -0.2) is 144 Å². The minimum atomic E-state index is -5.34. The van der Waals surface area contributed by atoms with Gasteiger partial charge in [-0.2, -0.15) is 85.3 Å². The van der Waals surface area contributed by atoms with E-state index in [0.717, 1.165) is 82.4 Å². The number of nitrogens with zero attached hydrogens (tertiary/aromatic N) is 1. The summed E-state index contributed by atoms with van der Waals surface area (Å²) in [6.07, 6.45) is -2.74. The van der Waals surface area contributed by atoms with Crippen molar-refractivity contribution in [3.8, 4) is 0 Å². The fraction of sp³-hybridized carbons (Fsp3) is 0.419. The molecule has 0 atom stereocenters. The van der Waals surface area contributed by atoms with Crippen LogP contribution in [0.25, 0.3) is 0 Å². The molecule has 0 aromatic heterocycles. The fourth-order valence-corrected chi connectivity index (χ4v) is 5.64. The van der Waals surface area contributed by atoms with Gasteiger partial charge in [-0.05, 0) is 55.5 Å². The monoisotopic (exact) mass is 1210 g/mol. The second kappa shape index (κ2) is 31.1. The van der Waals surface area contributed by atoms with Gasteiger partial charge in [0.05, 0.1) is 81.9 Å². The van der Waals surface area contributed by atoms with E-state index in [4.69, 9.17) is 0 Å². The first kappa shape index (κ1) is 72.0. The highest BCUT2D eigenvalue weighted by atomic mass is 79.9. The smallest absolute Gasteiger partial charge is 0.274 e. The van der Waals surface area contributed by atoms with E-state index in [-0.39, 0.29) is 20.4 Å². The van der Waals surface area contributed by atoms with Gasteiger partial charge >= 0.3 is 21.8 Å². The second-order valence-electron chi connectivity index (χ2n) is 11.2. The van der Waals surface area contributed by atoms with Crippen LogP contribution in [0.15, 0.2) is 92.0 Å². The van der Waals surface area contributed by atoms with Crippen molar-refractivity contribution >= 4 is 92.4 Å². The standard InChI is InChI=1S/C8H10O3S.C7H7BrO3S.C7H7NO5S.C3H5F3O3S.C2H3F3O3S.2C2H6O3S/c1-7-3-5-8(6-4-7)12(9,10)11-2;1-11-12(9,10)7-4-2-6(8)3-5-7;1-13-14(11,12)7-4-2-6(3-5-7)8(9)10;1-9-10(7,8)2-3(4,5)6;1-8-9(6,7)2(3,4)5;2*1-5-6(2,3)4/h3-6H,1-2H3;2-5H,1H3;2-5H,1H3;2H2,1H3;1H3;2*1-2H3. The van der Waals surface area contributed by atoms with Crippen LogP contribution in [0, 0.1) is 17.0 Å². The van der Waals surface area contributed by atoms with Crippen molar-refractivity contribution in [1.82, 2.24) is 0 Å². The van der Waals surface area contributed by atoms with Crippen LogP contribution in [0.5, 0.6) is 0 Å². The Kier molecular flexibility index (Phi) is 32.4. The molecule has 69 heavy (non-hydrogen) atoms. The van der Waals surface area contributed by atoms with Crippen molar-refractivity contribution in [1.29, 1.82) is 0 Å². The van der Waals surface area contributed by atoms with Crippen molar-refractivity contribution in [3.63, 3.8) is 0 Å². The number of alkyl halides is 6. The minimum Gasteiger partial charge on any atom is -0.274 e. The molecular formula is C31H44BrF6NO23S7. The molecule has 3 aromatic rings. The first-order chi connectivity index (χ1) is 30.8. The summed E-state index contributed by atoms with van der Waals surface area (Å²) in [6, 6.07) is 17.2. The van der Waals surface area contributed by atoms with Crippen molar-refractivity contribution < 1.29 is 119 Å². The number of aryl methyl sites for hydroxylation is 1. The quantitative estimate of drug-likeness (QED) is 0.0804. The predicted molar refractivity (Wildman–Crippen MR) is 234 cm³/mol. The van der Waals surface area contributed by atoms with Gasteiger partial charge in [-0.3, -0.25) is 39.4 Å². The Morgan fingerprint density at radius 2 is 0.768 bits per heavy atom. The highest BCUT2D eigenvalue weighted by Crippen LogP contribution is 2.23. The SMILES string of the molecule is COS(=O)(=O)C(F)(F)F.COS(=O)(=O)CC(F)(F)F.COS(=O)(=O)c1ccc(Br)cc1.COS(=O)(=O)c1ccc(C)cc1.COS(=O)(=O)c1ccc([N+](=O)[O-])cc1.COS(C)(=O)=O.COS(C)(=O)=O.